The number of anilines is 1. The molecule has 1 aliphatic heterocycles. The number of carbonyl (C=O) groups excluding carboxylic acids is 1. The van der Waals surface area contributed by atoms with Crippen molar-refractivity contribution in [3.8, 4) is 17.1 Å². The maximum atomic E-state index is 14.2. The molecule has 4 bridgehead atoms. The van der Waals surface area contributed by atoms with E-state index in [1.807, 2.05) is 45.9 Å². The summed E-state index contributed by atoms with van der Waals surface area (Å²) in [5, 5.41) is 0. The van der Waals surface area contributed by atoms with E-state index < -0.39 is 16.1 Å². The fourth-order valence-corrected chi connectivity index (χ4v) is 6.37. The van der Waals surface area contributed by atoms with E-state index in [1.54, 1.807) is 29.4 Å². The highest BCUT2D eigenvalue weighted by atomic mass is 32.2. The molecule has 4 aromatic rings. The topological polar surface area (TPSA) is 128 Å². The van der Waals surface area contributed by atoms with E-state index in [1.165, 1.54) is 12.1 Å². The van der Waals surface area contributed by atoms with Crippen molar-refractivity contribution < 1.29 is 22.4 Å². The Kier molecular flexibility index (Phi) is 8.53. The van der Waals surface area contributed by atoms with Crippen molar-refractivity contribution in [2.45, 2.75) is 78.3 Å². The molecule has 5 rings (SSSR count). The highest BCUT2D eigenvalue weighted by Gasteiger charge is 2.32. The van der Waals surface area contributed by atoms with Crippen LogP contribution < -0.4 is 9.46 Å². The lowest BCUT2D eigenvalue weighted by molar-refractivity contribution is 0.0509. The SMILES string of the molecule is Cc1cccc(C)c1-c1cc2nc(n1)NS(=O)(=O)c1cccc(c1)C(=O)N(Cc1coc(C(C)C)n1)[C@H](CC(C)(C)C)CO2. The summed E-state index contributed by atoms with van der Waals surface area (Å²) in [6, 6.07) is 13.2. The Morgan fingerprint density at radius 3 is 2.39 bits per heavy atom. The molecule has 10 nitrogen and oxygen atoms in total. The van der Waals surface area contributed by atoms with Gasteiger partial charge in [0.1, 0.15) is 12.9 Å². The van der Waals surface area contributed by atoms with Crippen LogP contribution in [0, 0.1) is 19.3 Å². The zero-order valence-corrected chi connectivity index (χ0v) is 27.0. The second-order valence-electron chi connectivity index (χ2n) is 12.8. The smallest absolute Gasteiger partial charge is 0.264 e. The van der Waals surface area contributed by atoms with Gasteiger partial charge in [-0.15, -0.1) is 0 Å². The van der Waals surface area contributed by atoms with E-state index in [4.69, 9.17) is 9.15 Å². The van der Waals surface area contributed by atoms with Gasteiger partial charge in [-0.2, -0.15) is 4.98 Å². The number of hydrogen-bond acceptors (Lipinski definition) is 8. The standard InChI is InChI=1S/C33H39N5O5S/c1-20(2)30-34-24(18-43-30)17-38-25(16-33(5,6)7)19-42-28-15-27(29-21(3)10-8-11-22(29)4)35-32(36-28)37-44(40,41)26-13-9-12-23(14-26)31(38)39/h8-15,18,20,25H,16-17,19H2,1-7H3,(H,35,36,37)/t25-/m1/s1. The van der Waals surface area contributed by atoms with Gasteiger partial charge in [0.25, 0.3) is 15.9 Å². The van der Waals surface area contributed by atoms with Crippen molar-refractivity contribution in [3.05, 3.63) is 83.1 Å². The van der Waals surface area contributed by atoms with Crippen LogP contribution in [0.3, 0.4) is 0 Å². The number of rotatable bonds is 5. The van der Waals surface area contributed by atoms with Gasteiger partial charge in [0, 0.05) is 23.1 Å². The Morgan fingerprint density at radius 2 is 1.73 bits per heavy atom. The molecular weight excluding hydrogens is 578 g/mol. The number of nitrogens with zero attached hydrogens (tertiary/aromatic N) is 4. The van der Waals surface area contributed by atoms with Crippen LogP contribution in [0.4, 0.5) is 5.95 Å². The molecule has 0 spiro atoms. The molecule has 0 fully saturated rings. The molecule has 1 aliphatic rings. The van der Waals surface area contributed by atoms with Crippen molar-refractivity contribution in [2.24, 2.45) is 5.41 Å². The number of aryl methyl sites for hydroxylation is 2. The Balaban J connectivity index is 1.67. The largest absolute Gasteiger partial charge is 0.475 e. The number of carbonyl (C=O) groups is 1. The van der Waals surface area contributed by atoms with Gasteiger partial charge >= 0.3 is 0 Å². The predicted molar refractivity (Wildman–Crippen MR) is 168 cm³/mol. The fraction of sp³-hybridized carbons (Fsp3) is 0.394. The van der Waals surface area contributed by atoms with Crippen molar-refractivity contribution in [1.82, 2.24) is 19.9 Å². The first-order valence-electron chi connectivity index (χ1n) is 14.7. The van der Waals surface area contributed by atoms with Gasteiger partial charge in [-0.3, -0.25) is 4.79 Å². The maximum absolute atomic E-state index is 14.2. The van der Waals surface area contributed by atoms with Crippen molar-refractivity contribution in [2.75, 3.05) is 11.3 Å². The predicted octanol–water partition coefficient (Wildman–Crippen LogP) is 6.51. The Hall–Kier alpha value is -4.25. The zero-order chi connectivity index (χ0) is 31.8. The molecule has 0 unspecified atom stereocenters. The third-order valence-electron chi connectivity index (χ3n) is 7.43. The number of oxazole rings is 1. The van der Waals surface area contributed by atoms with Gasteiger partial charge in [-0.25, -0.2) is 23.1 Å². The highest BCUT2D eigenvalue weighted by molar-refractivity contribution is 7.92. The number of aromatic nitrogens is 3. The van der Waals surface area contributed by atoms with Crippen LogP contribution >= 0.6 is 0 Å². The van der Waals surface area contributed by atoms with E-state index >= 15 is 0 Å². The second-order valence-corrected chi connectivity index (χ2v) is 14.5. The van der Waals surface area contributed by atoms with Crippen LogP contribution in [0.1, 0.15) is 80.0 Å². The van der Waals surface area contributed by atoms with Gasteiger partial charge in [-0.05, 0) is 55.0 Å². The molecule has 0 aliphatic carbocycles. The molecule has 0 saturated heterocycles. The van der Waals surface area contributed by atoms with Crippen LogP contribution in [0.2, 0.25) is 0 Å². The minimum absolute atomic E-state index is 0.0793. The molecule has 11 heteroatoms. The summed E-state index contributed by atoms with van der Waals surface area (Å²) in [4.78, 5) is 29.5. The van der Waals surface area contributed by atoms with Gasteiger partial charge in [0.05, 0.1) is 28.9 Å². The Morgan fingerprint density at radius 1 is 1.02 bits per heavy atom. The average Bonchev–Trinajstić information content (AvgIpc) is 3.42. The summed E-state index contributed by atoms with van der Waals surface area (Å²) in [5.74, 6) is 0.381. The lowest BCUT2D eigenvalue weighted by atomic mass is 9.87. The molecule has 232 valence electrons. The molecule has 44 heavy (non-hydrogen) atoms. The zero-order valence-electron chi connectivity index (χ0n) is 26.2. The molecule has 1 N–H and O–H groups in total. The third-order valence-corrected chi connectivity index (χ3v) is 8.75. The first kappa shape index (κ1) is 31.2. The van der Waals surface area contributed by atoms with Crippen LogP contribution in [0.15, 0.2) is 64.1 Å². The van der Waals surface area contributed by atoms with E-state index in [-0.39, 0.29) is 52.7 Å². The van der Waals surface area contributed by atoms with Crippen molar-refractivity contribution in [1.29, 1.82) is 0 Å². The number of sulfonamides is 1. The molecule has 2 aromatic carbocycles. The quantitative estimate of drug-likeness (QED) is 0.268. The summed E-state index contributed by atoms with van der Waals surface area (Å²) in [6.45, 7) is 14.5. The molecular formula is C33H39N5O5S. The first-order valence-corrected chi connectivity index (χ1v) is 16.1. The van der Waals surface area contributed by atoms with E-state index in [0.717, 1.165) is 16.7 Å². The second kappa shape index (κ2) is 12.0. The van der Waals surface area contributed by atoms with Gasteiger partial charge in [0.15, 0.2) is 5.89 Å². The van der Waals surface area contributed by atoms with Gasteiger partial charge < -0.3 is 14.1 Å². The average molecular weight is 618 g/mol. The number of benzene rings is 2. The number of hydrogen-bond donors (Lipinski definition) is 1. The minimum atomic E-state index is -4.15. The molecule has 2 aromatic heterocycles. The van der Waals surface area contributed by atoms with Crippen molar-refractivity contribution >= 4 is 21.9 Å². The van der Waals surface area contributed by atoms with Crippen LogP contribution in [0.25, 0.3) is 11.3 Å². The number of fused-ring (bicyclic) bond motifs is 4. The normalized spacial score (nSPS) is 16.9. The molecule has 0 radical (unpaired) electrons. The molecule has 3 heterocycles. The monoisotopic (exact) mass is 617 g/mol. The number of nitrogens with one attached hydrogen (secondary N) is 1. The lowest BCUT2D eigenvalue weighted by Gasteiger charge is -2.35. The summed E-state index contributed by atoms with van der Waals surface area (Å²) >= 11 is 0. The van der Waals surface area contributed by atoms with Gasteiger partial charge in [-0.1, -0.05) is 58.9 Å². The Bertz CT molecular complexity index is 1770. The summed E-state index contributed by atoms with van der Waals surface area (Å²) < 4.78 is 41.7. The van der Waals surface area contributed by atoms with Crippen molar-refractivity contribution in [3.63, 3.8) is 0 Å². The summed E-state index contributed by atoms with van der Waals surface area (Å²) in [7, 11) is -4.15. The molecule has 0 saturated carbocycles. The molecule has 1 amide bonds. The number of ether oxygens (including phenoxy) is 1. The van der Waals surface area contributed by atoms with Crippen LogP contribution in [-0.2, 0) is 16.6 Å². The third kappa shape index (κ3) is 6.93. The number of amides is 1. The first-order chi connectivity index (χ1) is 20.7. The van der Waals surface area contributed by atoms with Crippen LogP contribution in [-0.4, -0.2) is 46.8 Å². The Labute approximate surface area is 259 Å². The highest BCUT2D eigenvalue weighted by Crippen LogP contribution is 2.32. The summed E-state index contributed by atoms with van der Waals surface area (Å²) in [6.07, 6.45) is 2.16. The lowest BCUT2D eigenvalue weighted by Crippen LogP contribution is -2.45. The minimum Gasteiger partial charge on any atom is -0.475 e. The van der Waals surface area contributed by atoms with Crippen LogP contribution in [0.5, 0.6) is 5.88 Å². The maximum Gasteiger partial charge on any atom is 0.264 e. The molecule has 1 atom stereocenters. The van der Waals surface area contributed by atoms with E-state index in [2.05, 4.69) is 40.4 Å². The summed E-state index contributed by atoms with van der Waals surface area (Å²) in [5.41, 5.74) is 3.98. The van der Waals surface area contributed by atoms with Gasteiger partial charge in [0.2, 0.25) is 11.8 Å². The van der Waals surface area contributed by atoms with E-state index in [0.29, 0.717) is 23.7 Å². The van der Waals surface area contributed by atoms with E-state index in [9.17, 15) is 13.2 Å². The fourth-order valence-electron chi connectivity index (χ4n) is 5.38.